The van der Waals surface area contributed by atoms with Crippen LogP contribution in [0, 0.1) is 0 Å². The van der Waals surface area contributed by atoms with Crippen LogP contribution in [0.2, 0.25) is 0 Å². The molecule has 3 aromatic heterocycles. The van der Waals surface area contributed by atoms with Gasteiger partial charge in [-0.3, -0.25) is 14.6 Å². The first kappa shape index (κ1) is 26.1. The van der Waals surface area contributed by atoms with Gasteiger partial charge in [0.1, 0.15) is 11.5 Å². The van der Waals surface area contributed by atoms with Crippen LogP contribution in [0.4, 0.5) is 32.2 Å². The lowest BCUT2D eigenvalue weighted by Gasteiger charge is -2.14. The smallest absolute Gasteiger partial charge is 0.306 e. The first-order valence-electron chi connectivity index (χ1n) is 10.6. The van der Waals surface area contributed by atoms with Crippen LogP contribution in [0.25, 0.3) is 16.5 Å². The number of hydrogen-bond acceptors (Lipinski definition) is 5. The van der Waals surface area contributed by atoms with E-state index in [1.807, 2.05) is 0 Å². The van der Waals surface area contributed by atoms with Crippen molar-refractivity contribution in [1.29, 1.82) is 0 Å². The van der Waals surface area contributed by atoms with Crippen LogP contribution in [0.5, 0.6) is 0 Å². The van der Waals surface area contributed by atoms with Crippen molar-refractivity contribution in [2.45, 2.75) is 32.1 Å². The summed E-state index contributed by atoms with van der Waals surface area (Å²) < 4.78 is 80.6. The number of nitrogens with one attached hydrogen (secondary N) is 2. The fourth-order valence-corrected chi connectivity index (χ4v) is 3.99. The number of rotatable bonds is 5. The lowest BCUT2D eigenvalue weighted by molar-refractivity contribution is -0.143. The molecule has 0 spiro atoms. The number of H-pyrrole nitrogens is 1. The van der Waals surface area contributed by atoms with Gasteiger partial charge >= 0.3 is 12.4 Å². The van der Waals surface area contributed by atoms with Crippen molar-refractivity contribution in [2.24, 2.45) is 0 Å². The van der Waals surface area contributed by atoms with E-state index < -0.39 is 40.5 Å². The van der Waals surface area contributed by atoms with Gasteiger partial charge in [0.15, 0.2) is 0 Å². The molecule has 0 saturated carbocycles. The Morgan fingerprint density at radius 2 is 1.68 bits per heavy atom. The zero-order chi connectivity index (χ0) is 27.1. The van der Waals surface area contributed by atoms with Gasteiger partial charge in [-0.15, -0.1) is 11.3 Å². The van der Waals surface area contributed by atoms with Gasteiger partial charge in [-0.25, -0.2) is 4.98 Å². The van der Waals surface area contributed by atoms with Crippen LogP contribution < -0.4 is 10.9 Å². The number of thiophene rings is 1. The van der Waals surface area contributed by atoms with E-state index in [2.05, 4.69) is 20.4 Å². The van der Waals surface area contributed by atoms with Gasteiger partial charge < -0.3 is 5.32 Å². The predicted octanol–water partition coefficient (Wildman–Crippen LogP) is 6.10. The Morgan fingerprint density at radius 1 is 1.03 bits per heavy atom. The molecule has 4 rings (SSSR count). The Balaban J connectivity index is 1.82. The van der Waals surface area contributed by atoms with Gasteiger partial charge in [-0.2, -0.15) is 36.1 Å². The van der Waals surface area contributed by atoms with E-state index in [1.54, 1.807) is 31.4 Å². The van der Waals surface area contributed by atoms with E-state index in [9.17, 15) is 35.9 Å². The molecule has 7 nitrogen and oxygen atoms in total. The predicted molar refractivity (Wildman–Crippen MR) is 124 cm³/mol. The van der Waals surface area contributed by atoms with Crippen LogP contribution in [-0.2, 0) is 12.4 Å². The Labute approximate surface area is 208 Å². The first-order valence-corrected chi connectivity index (χ1v) is 11.5. The number of benzene rings is 1. The number of hydrogen-bond donors (Lipinski definition) is 2. The van der Waals surface area contributed by atoms with E-state index >= 15 is 0 Å². The summed E-state index contributed by atoms with van der Waals surface area (Å²) in [7, 11) is 0. The minimum Gasteiger partial charge on any atom is -0.306 e. The summed E-state index contributed by atoms with van der Waals surface area (Å²) in [5, 5.41) is 8.40. The standard InChI is InChI=1S/C23H17F6N5O2S/c1-11(2)15-10-19(35)32-21(30-15)34-18(9-16(33-34)17-4-3-5-37-17)31-20(36)12-6-13(22(24,25)26)8-14(7-12)23(27,28)29/h3-11H,1-2H3,(H,31,36)(H,30,32,35). The second-order valence-corrected chi connectivity index (χ2v) is 9.15. The molecule has 0 radical (unpaired) electrons. The van der Waals surface area contributed by atoms with Crippen LogP contribution in [0.15, 0.2) is 52.6 Å². The number of amides is 1. The number of nitrogens with zero attached hydrogens (tertiary/aromatic N) is 3. The minimum atomic E-state index is -5.12. The zero-order valence-electron chi connectivity index (χ0n) is 19.0. The van der Waals surface area contributed by atoms with Gasteiger partial charge in [-0.05, 0) is 35.6 Å². The zero-order valence-corrected chi connectivity index (χ0v) is 19.8. The number of carbonyl (C=O) groups excluding carboxylic acids is 1. The average Bonchev–Trinajstić information content (AvgIpc) is 3.47. The largest absolute Gasteiger partial charge is 0.416 e. The number of carbonyl (C=O) groups is 1. The number of anilines is 1. The Kier molecular flexibility index (Phi) is 6.71. The number of aromatic nitrogens is 4. The van der Waals surface area contributed by atoms with Gasteiger partial charge in [0, 0.05) is 17.7 Å². The maximum Gasteiger partial charge on any atom is 0.416 e. The van der Waals surface area contributed by atoms with Crippen LogP contribution in [0.1, 0.15) is 46.9 Å². The molecule has 0 saturated heterocycles. The maximum atomic E-state index is 13.3. The molecule has 0 aliphatic heterocycles. The van der Waals surface area contributed by atoms with Crippen LogP contribution in [0.3, 0.4) is 0 Å². The Hall–Kier alpha value is -3.94. The van der Waals surface area contributed by atoms with E-state index in [4.69, 9.17) is 0 Å². The molecular formula is C23H17F6N5O2S. The molecule has 0 unspecified atom stereocenters. The molecule has 1 aromatic carbocycles. The Bertz CT molecular complexity index is 1470. The monoisotopic (exact) mass is 541 g/mol. The molecule has 0 atom stereocenters. The van der Waals surface area contributed by atoms with Crippen molar-refractivity contribution in [3.63, 3.8) is 0 Å². The number of halogens is 6. The maximum absolute atomic E-state index is 13.3. The molecule has 2 N–H and O–H groups in total. The molecule has 0 fully saturated rings. The summed E-state index contributed by atoms with van der Waals surface area (Å²) in [6.07, 6.45) is -10.2. The summed E-state index contributed by atoms with van der Waals surface area (Å²) in [6, 6.07) is 6.67. The van der Waals surface area contributed by atoms with E-state index in [0.717, 1.165) is 4.68 Å². The summed E-state index contributed by atoms with van der Waals surface area (Å²) in [4.78, 5) is 32.6. The summed E-state index contributed by atoms with van der Waals surface area (Å²) >= 11 is 1.30. The lowest BCUT2D eigenvalue weighted by atomic mass is 10.0. The molecular weight excluding hydrogens is 524 g/mol. The van der Waals surface area contributed by atoms with E-state index in [-0.39, 0.29) is 23.8 Å². The van der Waals surface area contributed by atoms with Crippen molar-refractivity contribution in [3.05, 3.63) is 80.6 Å². The first-order chi connectivity index (χ1) is 17.2. The third kappa shape index (κ3) is 5.74. The van der Waals surface area contributed by atoms with Gasteiger partial charge in [0.25, 0.3) is 11.5 Å². The second kappa shape index (κ2) is 9.50. The van der Waals surface area contributed by atoms with Crippen molar-refractivity contribution < 1.29 is 31.1 Å². The summed E-state index contributed by atoms with van der Waals surface area (Å²) in [5.74, 6) is -1.65. The fourth-order valence-electron chi connectivity index (χ4n) is 3.31. The van der Waals surface area contributed by atoms with Crippen LogP contribution >= 0.6 is 11.3 Å². The third-order valence-electron chi connectivity index (χ3n) is 5.12. The molecule has 1 amide bonds. The molecule has 37 heavy (non-hydrogen) atoms. The fraction of sp³-hybridized carbons (Fsp3) is 0.217. The summed E-state index contributed by atoms with van der Waals surface area (Å²) in [5.41, 5.74) is -3.93. The van der Waals surface area contributed by atoms with Gasteiger partial charge in [0.2, 0.25) is 5.95 Å². The molecule has 14 heteroatoms. The number of alkyl halides is 6. The quantitative estimate of drug-likeness (QED) is 0.299. The number of aromatic amines is 1. The lowest BCUT2D eigenvalue weighted by Crippen LogP contribution is -2.21. The van der Waals surface area contributed by atoms with E-state index in [0.29, 0.717) is 28.4 Å². The molecule has 0 aliphatic rings. The molecule has 0 bridgehead atoms. The van der Waals surface area contributed by atoms with Crippen LogP contribution in [-0.4, -0.2) is 25.7 Å². The third-order valence-corrected chi connectivity index (χ3v) is 6.01. The highest BCUT2D eigenvalue weighted by Gasteiger charge is 2.37. The SMILES string of the molecule is CC(C)c1cc(=O)[nH]c(-n2nc(-c3cccs3)cc2NC(=O)c2cc(C(F)(F)F)cc(C(F)(F)F)c2)n1. The Morgan fingerprint density at radius 3 is 2.22 bits per heavy atom. The molecule has 194 valence electrons. The van der Waals surface area contributed by atoms with Crippen molar-refractivity contribution in [3.8, 4) is 16.5 Å². The van der Waals surface area contributed by atoms with Crippen molar-refractivity contribution >= 4 is 23.1 Å². The summed E-state index contributed by atoms with van der Waals surface area (Å²) in [6.45, 7) is 3.58. The average molecular weight is 541 g/mol. The minimum absolute atomic E-state index is 0.0675. The molecule has 3 heterocycles. The van der Waals surface area contributed by atoms with Gasteiger partial charge in [-0.1, -0.05) is 19.9 Å². The highest BCUT2D eigenvalue weighted by atomic mass is 32.1. The van der Waals surface area contributed by atoms with Gasteiger partial charge in [0.05, 0.1) is 21.7 Å². The highest BCUT2D eigenvalue weighted by Crippen LogP contribution is 2.36. The normalized spacial score (nSPS) is 12.2. The second-order valence-electron chi connectivity index (χ2n) is 8.20. The van der Waals surface area contributed by atoms with Crippen molar-refractivity contribution in [1.82, 2.24) is 19.7 Å². The molecule has 0 aliphatic carbocycles. The van der Waals surface area contributed by atoms with Crippen molar-refractivity contribution in [2.75, 3.05) is 5.32 Å². The molecule has 4 aromatic rings. The topological polar surface area (TPSA) is 92.7 Å². The van der Waals surface area contributed by atoms with E-state index in [1.165, 1.54) is 23.5 Å². The highest BCUT2D eigenvalue weighted by molar-refractivity contribution is 7.13.